The van der Waals surface area contributed by atoms with Gasteiger partial charge in [0.1, 0.15) is 0 Å². The van der Waals surface area contributed by atoms with Gasteiger partial charge in [-0.05, 0) is 29.8 Å². The van der Waals surface area contributed by atoms with Crippen LogP contribution in [0.15, 0.2) is 67.4 Å². The molecule has 0 aliphatic heterocycles. The number of benzene rings is 1. The maximum absolute atomic E-state index is 12.8. The Morgan fingerprint density at radius 2 is 2.04 bits per heavy atom. The predicted octanol–water partition coefficient (Wildman–Crippen LogP) is 3.82. The van der Waals surface area contributed by atoms with Crippen LogP contribution in [0.5, 0.6) is 0 Å². The van der Waals surface area contributed by atoms with Crippen LogP contribution in [-0.4, -0.2) is 27.0 Å². The van der Waals surface area contributed by atoms with E-state index >= 15 is 0 Å². The molecule has 0 fully saturated rings. The van der Waals surface area contributed by atoms with Gasteiger partial charge in [0, 0.05) is 24.3 Å². The molecule has 0 aliphatic carbocycles. The average molecular weight is 326 g/mol. The second-order valence-corrected chi connectivity index (χ2v) is 5.57. The van der Waals surface area contributed by atoms with Crippen molar-refractivity contribution in [2.75, 3.05) is 6.54 Å². The zero-order chi connectivity index (χ0) is 16.2. The monoisotopic (exact) mass is 325 g/mol. The van der Waals surface area contributed by atoms with Gasteiger partial charge in [-0.25, -0.2) is 4.52 Å². The molecule has 0 aliphatic rings. The molecule has 1 amide bonds. The summed E-state index contributed by atoms with van der Waals surface area (Å²) >= 11 is 6.20. The molecule has 1 aromatic carbocycles. The first-order chi connectivity index (χ1) is 11.2. The number of fused-ring (bicyclic) bond motifs is 1. The summed E-state index contributed by atoms with van der Waals surface area (Å²) in [6.45, 7) is 4.57. The molecule has 3 rings (SSSR count). The molecule has 0 atom stereocenters. The van der Waals surface area contributed by atoms with Crippen LogP contribution < -0.4 is 0 Å². The number of nitrogens with zero attached hydrogens (tertiary/aromatic N) is 3. The van der Waals surface area contributed by atoms with E-state index in [1.807, 2.05) is 48.7 Å². The molecule has 0 saturated carbocycles. The van der Waals surface area contributed by atoms with Gasteiger partial charge >= 0.3 is 0 Å². The fourth-order valence-corrected chi connectivity index (χ4v) is 2.61. The van der Waals surface area contributed by atoms with Crippen molar-refractivity contribution in [3.63, 3.8) is 0 Å². The number of rotatable bonds is 5. The SMILES string of the molecule is C=CCN(Cc1ccccc1Cl)C(=O)c1cc2ccccn2n1. The first-order valence-corrected chi connectivity index (χ1v) is 7.65. The highest BCUT2D eigenvalue weighted by molar-refractivity contribution is 6.31. The van der Waals surface area contributed by atoms with Crippen molar-refractivity contribution < 1.29 is 4.79 Å². The Balaban J connectivity index is 1.89. The van der Waals surface area contributed by atoms with Crippen LogP contribution in [-0.2, 0) is 6.54 Å². The third-order valence-corrected chi connectivity index (χ3v) is 3.91. The lowest BCUT2D eigenvalue weighted by atomic mass is 10.2. The van der Waals surface area contributed by atoms with Crippen molar-refractivity contribution in [1.82, 2.24) is 14.5 Å². The van der Waals surface area contributed by atoms with E-state index in [-0.39, 0.29) is 5.91 Å². The molecule has 5 heteroatoms. The summed E-state index contributed by atoms with van der Waals surface area (Å²) in [5, 5.41) is 4.98. The van der Waals surface area contributed by atoms with E-state index in [9.17, 15) is 4.79 Å². The molecule has 116 valence electrons. The van der Waals surface area contributed by atoms with E-state index in [1.165, 1.54) is 0 Å². The molecule has 0 spiro atoms. The number of pyridine rings is 1. The van der Waals surface area contributed by atoms with Crippen molar-refractivity contribution in [1.29, 1.82) is 0 Å². The first kappa shape index (κ1) is 15.3. The van der Waals surface area contributed by atoms with Crippen molar-refractivity contribution in [3.05, 3.63) is 83.7 Å². The molecular weight excluding hydrogens is 310 g/mol. The van der Waals surface area contributed by atoms with Crippen LogP contribution in [0.4, 0.5) is 0 Å². The lowest BCUT2D eigenvalue weighted by Gasteiger charge is -2.20. The largest absolute Gasteiger partial charge is 0.329 e. The Morgan fingerprint density at radius 3 is 2.78 bits per heavy atom. The maximum Gasteiger partial charge on any atom is 0.274 e. The van der Waals surface area contributed by atoms with Crippen LogP contribution in [0.25, 0.3) is 5.52 Å². The Morgan fingerprint density at radius 1 is 1.26 bits per heavy atom. The van der Waals surface area contributed by atoms with Gasteiger partial charge in [0.2, 0.25) is 0 Å². The standard InChI is InChI=1S/C18H16ClN3O/c1-2-10-21(13-14-7-3-4-9-16(14)19)18(23)17-12-15-8-5-6-11-22(15)20-17/h2-9,11-12H,1,10,13H2. The van der Waals surface area contributed by atoms with Gasteiger partial charge in [0.25, 0.3) is 5.91 Å². The zero-order valence-corrected chi connectivity index (χ0v) is 13.3. The molecule has 4 nitrogen and oxygen atoms in total. The summed E-state index contributed by atoms with van der Waals surface area (Å²) in [5.74, 6) is -0.145. The van der Waals surface area contributed by atoms with Crippen molar-refractivity contribution >= 4 is 23.0 Å². The number of hydrogen-bond acceptors (Lipinski definition) is 2. The highest BCUT2D eigenvalue weighted by atomic mass is 35.5. The molecule has 2 heterocycles. The molecule has 0 radical (unpaired) electrons. The van der Waals surface area contributed by atoms with E-state index in [4.69, 9.17) is 11.6 Å². The van der Waals surface area contributed by atoms with Crippen LogP contribution in [0, 0.1) is 0 Å². The third kappa shape index (κ3) is 3.27. The topological polar surface area (TPSA) is 37.6 Å². The molecular formula is C18H16ClN3O. The normalized spacial score (nSPS) is 10.7. The highest BCUT2D eigenvalue weighted by Gasteiger charge is 2.19. The molecule has 0 bridgehead atoms. The van der Waals surface area contributed by atoms with Gasteiger partial charge in [-0.15, -0.1) is 6.58 Å². The van der Waals surface area contributed by atoms with E-state index in [1.54, 1.807) is 21.6 Å². The summed E-state index contributed by atoms with van der Waals surface area (Å²) < 4.78 is 1.69. The fraction of sp³-hybridized carbons (Fsp3) is 0.111. The quantitative estimate of drug-likeness (QED) is 0.669. The van der Waals surface area contributed by atoms with E-state index in [0.717, 1.165) is 11.1 Å². The Kier molecular flexibility index (Phi) is 4.44. The van der Waals surface area contributed by atoms with Crippen LogP contribution >= 0.6 is 11.6 Å². The lowest BCUT2D eigenvalue weighted by Crippen LogP contribution is -2.31. The maximum atomic E-state index is 12.8. The number of aromatic nitrogens is 2. The first-order valence-electron chi connectivity index (χ1n) is 7.27. The van der Waals surface area contributed by atoms with Gasteiger partial charge in [0.15, 0.2) is 5.69 Å². The van der Waals surface area contributed by atoms with E-state index in [0.29, 0.717) is 23.8 Å². The minimum Gasteiger partial charge on any atom is -0.329 e. The fourth-order valence-electron chi connectivity index (χ4n) is 2.41. The number of carbonyl (C=O) groups is 1. The Hall–Kier alpha value is -2.59. The molecule has 23 heavy (non-hydrogen) atoms. The summed E-state index contributed by atoms with van der Waals surface area (Å²) in [6, 6.07) is 15.0. The van der Waals surface area contributed by atoms with Crippen molar-refractivity contribution in [2.45, 2.75) is 6.54 Å². The minimum absolute atomic E-state index is 0.145. The summed E-state index contributed by atoms with van der Waals surface area (Å²) in [7, 11) is 0. The highest BCUT2D eigenvalue weighted by Crippen LogP contribution is 2.18. The summed E-state index contributed by atoms with van der Waals surface area (Å²) in [6.07, 6.45) is 3.52. The second kappa shape index (κ2) is 6.67. The number of amides is 1. The van der Waals surface area contributed by atoms with Crippen LogP contribution in [0.1, 0.15) is 16.1 Å². The molecule has 0 N–H and O–H groups in total. The van der Waals surface area contributed by atoms with E-state index < -0.39 is 0 Å². The van der Waals surface area contributed by atoms with Crippen molar-refractivity contribution in [3.8, 4) is 0 Å². The second-order valence-electron chi connectivity index (χ2n) is 5.17. The molecule has 3 aromatic rings. The van der Waals surface area contributed by atoms with Crippen LogP contribution in [0.2, 0.25) is 5.02 Å². The van der Waals surface area contributed by atoms with Gasteiger partial charge < -0.3 is 4.90 Å². The number of halogens is 1. The number of hydrogen-bond donors (Lipinski definition) is 0. The van der Waals surface area contributed by atoms with Gasteiger partial charge in [-0.2, -0.15) is 5.10 Å². The number of carbonyl (C=O) groups excluding carboxylic acids is 1. The van der Waals surface area contributed by atoms with Gasteiger partial charge in [-0.1, -0.05) is 41.9 Å². The van der Waals surface area contributed by atoms with Crippen molar-refractivity contribution in [2.24, 2.45) is 0 Å². The van der Waals surface area contributed by atoms with Gasteiger partial charge in [-0.3, -0.25) is 4.79 Å². The Labute approximate surface area is 139 Å². The predicted molar refractivity (Wildman–Crippen MR) is 91.6 cm³/mol. The summed E-state index contributed by atoms with van der Waals surface area (Å²) in [5.41, 5.74) is 2.19. The van der Waals surface area contributed by atoms with Crippen LogP contribution in [0.3, 0.4) is 0 Å². The Bertz CT molecular complexity index is 823. The zero-order valence-electron chi connectivity index (χ0n) is 12.5. The molecule has 0 saturated heterocycles. The average Bonchev–Trinajstić information content (AvgIpc) is 3.00. The third-order valence-electron chi connectivity index (χ3n) is 3.54. The van der Waals surface area contributed by atoms with E-state index in [2.05, 4.69) is 11.7 Å². The molecule has 2 aromatic heterocycles. The smallest absolute Gasteiger partial charge is 0.274 e. The minimum atomic E-state index is -0.145. The summed E-state index contributed by atoms with van der Waals surface area (Å²) in [4.78, 5) is 14.5. The van der Waals surface area contributed by atoms with Gasteiger partial charge in [0.05, 0.1) is 5.52 Å². The molecule has 0 unspecified atom stereocenters. The lowest BCUT2D eigenvalue weighted by molar-refractivity contribution is 0.0756.